The zero-order valence-electron chi connectivity index (χ0n) is 12.1. The Morgan fingerprint density at radius 2 is 1.90 bits per heavy atom. The summed E-state index contributed by atoms with van der Waals surface area (Å²) in [5.41, 5.74) is 6.26. The van der Waals surface area contributed by atoms with Gasteiger partial charge in [-0.2, -0.15) is 15.1 Å². The van der Waals surface area contributed by atoms with Crippen molar-refractivity contribution in [3.63, 3.8) is 0 Å². The molecule has 0 radical (unpaired) electrons. The van der Waals surface area contributed by atoms with Crippen LogP contribution in [0.15, 0.2) is 18.3 Å². The Bertz CT molecular complexity index is 811. The number of nitrogens with one attached hydrogen (secondary N) is 2. The molecule has 21 heavy (non-hydrogen) atoms. The van der Waals surface area contributed by atoms with Crippen LogP contribution in [0.3, 0.4) is 0 Å². The van der Waals surface area contributed by atoms with Gasteiger partial charge in [0.15, 0.2) is 5.65 Å². The number of aromatic amines is 1. The van der Waals surface area contributed by atoms with Crippen LogP contribution in [0, 0.1) is 20.8 Å². The average molecular weight is 284 g/mol. The van der Waals surface area contributed by atoms with Crippen molar-refractivity contribution in [2.24, 2.45) is 5.84 Å². The topological polar surface area (TPSA) is 102 Å². The third-order valence-electron chi connectivity index (χ3n) is 3.48. The second-order valence-corrected chi connectivity index (χ2v) is 4.88. The van der Waals surface area contributed by atoms with Gasteiger partial charge in [-0.15, -0.1) is 0 Å². The molecule has 0 aliphatic carbocycles. The Labute approximate surface area is 121 Å². The number of nitrogens with two attached hydrogens (primary N) is 1. The van der Waals surface area contributed by atoms with Gasteiger partial charge in [0, 0.05) is 0 Å². The number of fused-ring (bicyclic) bond motifs is 1. The third-order valence-corrected chi connectivity index (χ3v) is 3.48. The number of benzene rings is 1. The fraction of sp³-hybridized carbons (Fsp3) is 0.214. The summed E-state index contributed by atoms with van der Waals surface area (Å²) in [4.78, 5) is 8.44. The van der Waals surface area contributed by atoms with Gasteiger partial charge in [0.1, 0.15) is 11.1 Å². The number of hydrazine groups is 1. The summed E-state index contributed by atoms with van der Waals surface area (Å²) in [6.07, 6.45) is 1.63. The Hall–Kier alpha value is -2.67. The number of hydrogen-bond acceptors (Lipinski definition) is 6. The van der Waals surface area contributed by atoms with E-state index in [1.807, 2.05) is 26.8 Å². The van der Waals surface area contributed by atoms with Gasteiger partial charge in [-0.3, -0.25) is 10.5 Å². The molecule has 0 atom stereocenters. The van der Waals surface area contributed by atoms with E-state index >= 15 is 0 Å². The van der Waals surface area contributed by atoms with Crippen molar-refractivity contribution < 1.29 is 4.74 Å². The molecule has 0 saturated heterocycles. The van der Waals surface area contributed by atoms with Gasteiger partial charge in [0.05, 0.1) is 6.20 Å². The van der Waals surface area contributed by atoms with E-state index in [1.54, 1.807) is 6.20 Å². The highest BCUT2D eigenvalue weighted by Crippen LogP contribution is 2.33. The number of nitrogens with zero attached hydrogens (tertiary/aromatic N) is 3. The minimum atomic E-state index is 0.268. The zero-order valence-corrected chi connectivity index (χ0v) is 12.1. The van der Waals surface area contributed by atoms with Crippen molar-refractivity contribution >= 4 is 17.0 Å². The SMILES string of the molecule is Cc1ccc(C)c(Oc2nc(NN)nc3[nH]ncc23)c1C. The second-order valence-electron chi connectivity index (χ2n) is 4.88. The highest BCUT2D eigenvalue weighted by Gasteiger charge is 2.14. The van der Waals surface area contributed by atoms with Crippen LogP contribution in [-0.4, -0.2) is 20.2 Å². The zero-order chi connectivity index (χ0) is 15.0. The first-order valence-corrected chi connectivity index (χ1v) is 6.52. The van der Waals surface area contributed by atoms with Crippen molar-refractivity contribution in [2.45, 2.75) is 20.8 Å². The predicted octanol–water partition coefficient (Wildman–Crippen LogP) is 2.36. The van der Waals surface area contributed by atoms with E-state index in [4.69, 9.17) is 10.6 Å². The fourth-order valence-corrected chi connectivity index (χ4v) is 2.13. The van der Waals surface area contributed by atoms with E-state index < -0.39 is 0 Å². The molecule has 108 valence electrons. The number of H-pyrrole nitrogens is 1. The number of aromatic nitrogens is 4. The molecular weight excluding hydrogens is 268 g/mol. The number of nitrogen functional groups attached to an aromatic ring is 1. The molecular formula is C14H16N6O. The third kappa shape index (κ3) is 2.27. The van der Waals surface area contributed by atoms with Crippen molar-refractivity contribution in [3.8, 4) is 11.6 Å². The van der Waals surface area contributed by atoms with Gasteiger partial charge in [0.2, 0.25) is 11.8 Å². The Kier molecular flexibility index (Phi) is 3.19. The van der Waals surface area contributed by atoms with Gasteiger partial charge >= 0.3 is 0 Å². The van der Waals surface area contributed by atoms with Crippen molar-refractivity contribution in [1.29, 1.82) is 0 Å². The summed E-state index contributed by atoms with van der Waals surface area (Å²) in [5.74, 6) is 6.87. The smallest absolute Gasteiger partial charge is 0.242 e. The molecule has 7 heteroatoms. The quantitative estimate of drug-likeness (QED) is 0.504. The van der Waals surface area contributed by atoms with Crippen LogP contribution in [-0.2, 0) is 0 Å². The summed E-state index contributed by atoms with van der Waals surface area (Å²) in [5, 5.41) is 7.45. The molecule has 2 aromatic heterocycles. The molecule has 0 aliphatic rings. The lowest BCUT2D eigenvalue weighted by molar-refractivity contribution is 0.461. The second kappa shape index (κ2) is 5.02. The first-order valence-electron chi connectivity index (χ1n) is 6.52. The van der Waals surface area contributed by atoms with E-state index in [9.17, 15) is 0 Å². The molecule has 0 spiro atoms. The van der Waals surface area contributed by atoms with Gasteiger partial charge < -0.3 is 4.74 Å². The number of anilines is 1. The minimum absolute atomic E-state index is 0.268. The lowest BCUT2D eigenvalue weighted by atomic mass is 10.1. The van der Waals surface area contributed by atoms with E-state index in [-0.39, 0.29) is 5.95 Å². The highest BCUT2D eigenvalue weighted by molar-refractivity contribution is 5.81. The summed E-state index contributed by atoms with van der Waals surface area (Å²) < 4.78 is 6.03. The molecule has 0 fully saturated rings. The Morgan fingerprint density at radius 1 is 1.14 bits per heavy atom. The standard InChI is InChI=1S/C14H16N6O/c1-7-4-5-8(2)11(9(7)3)21-13-10-6-16-20-12(10)17-14(18-13)19-15/h4-6H,15H2,1-3H3,(H2,16,17,18,19,20). The maximum Gasteiger partial charge on any atom is 0.242 e. The minimum Gasteiger partial charge on any atom is -0.437 e. The summed E-state index contributed by atoms with van der Waals surface area (Å²) >= 11 is 0. The summed E-state index contributed by atoms with van der Waals surface area (Å²) in [6.45, 7) is 6.06. The average Bonchev–Trinajstić information content (AvgIpc) is 2.95. The van der Waals surface area contributed by atoms with Gasteiger partial charge in [-0.1, -0.05) is 12.1 Å². The summed E-state index contributed by atoms with van der Waals surface area (Å²) in [7, 11) is 0. The van der Waals surface area contributed by atoms with Gasteiger partial charge in [-0.25, -0.2) is 5.84 Å². The van der Waals surface area contributed by atoms with Gasteiger partial charge in [0.25, 0.3) is 0 Å². The lowest BCUT2D eigenvalue weighted by Gasteiger charge is -2.13. The Morgan fingerprint density at radius 3 is 2.67 bits per heavy atom. The van der Waals surface area contributed by atoms with E-state index in [2.05, 4.69) is 31.7 Å². The number of hydrogen-bond donors (Lipinski definition) is 3. The maximum absolute atomic E-state index is 6.03. The molecule has 3 rings (SSSR count). The molecule has 0 bridgehead atoms. The molecule has 0 aliphatic heterocycles. The number of ether oxygens (including phenoxy) is 1. The van der Waals surface area contributed by atoms with E-state index in [1.165, 1.54) is 0 Å². The molecule has 0 unspecified atom stereocenters. The van der Waals surface area contributed by atoms with Crippen LogP contribution < -0.4 is 16.0 Å². The van der Waals surface area contributed by atoms with Crippen LogP contribution in [0.1, 0.15) is 16.7 Å². The van der Waals surface area contributed by atoms with Gasteiger partial charge in [-0.05, 0) is 37.5 Å². The molecule has 4 N–H and O–H groups in total. The molecule has 2 heterocycles. The summed E-state index contributed by atoms with van der Waals surface area (Å²) in [6, 6.07) is 4.09. The molecule has 0 amide bonds. The largest absolute Gasteiger partial charge is 0.437 e. The van der Waals surface area contributed by atoms with Crippen LogP contribution >= 0.6 is 0 Å². The first-order chi connectivity index (χ1) is 10.1. The number of aryl methyl sites for hydroxylation is 2. The van der Waals surface area contributed by atoms with E-state index in [0.717, 1.165) is 22.4 Å². The monoisotopic (exact) mass is 284 g/mol. The maximum atomic E-state index is 6.03. The van der Waals surface area contributed by atoms with Crippen LogP contribution in [0.2, 0.25) is 0 Å². The fourth-order valence-electron chi connectivity index (χ4n) is 2.13. The van der Waals surface area contributed by atoms with Crippen molar-refractivity contribution in [2.75, 3.05) is 5.43 Å². The van der Waals surface area contributed by atoms with Crippen LogP contribution in [0.5, 0.6) is 11.6 Å². The molecule has 0 saturated carbocycles. The van der Waals surface area contributed by atoms with Crippen LogP contribution in [0.4, 0.5) is 5.95 Å². The number of rotatable bonds is 3. The van der Waals surface area contributed by atoms with Crippen molar-refractivity contribution in [1.82, 2.24) is 20.2 Å². The Balaban J connectivity index is 2.14. The van der Waals surface area contributed by atoms with E-state index in [0.29, 0.717) is 16.9 Å². The molecule has 7 nitrogen and oxygen atoms in total. The van der Waals surface area contributed by atoms with Crippen molar-refractivity contribution in [3.05, 3.63) is 35.0 Å². The molecule has 3 aromatic rings. The lowest BCUT2D eigenvalue weighted by Crippen LogP contribution is -2.11. The van der Waals surface area contributed by atoms with Crippen LogP contribution in [0.25, 0.3) is 11.0 Å². The highest BCUT2D eigenvalue weighted by atomic mass is 16.5. The molecule has 1 aromatic carbocycles. The normalized spacial score (nSPS) is 10.9. The first kappa shape index (κ1) is 13.3. The predicted molar refractivity (Wildman–Crippen MR) is 80.2 cm³/mol.